The molecule has 0 bridgehead atoms. The molecule has 0 heterocycles. The Morgan fingerprint density at radius 2 is 2.17 bits per heavy atom. The van der Waals surface area contributed by atoms with Crippen LogP contribution in [0.2, 0.25) is 0 Å². The Bertz CT molecular complexity index is 239. The van der Waals surface area contributed by atoms with Crippen molar-refractivity contribution >= 4 is 5.91 Å². The summed E-state index contributed by atoms with van der Waals surface area (Å²) in [6.07, 6.45) is 0.966. The Balaban J connectivity index is 2.43. The highest BCUT2D eigenvalue weighted by Crippen LogP contribution is 2.37. The zero-order valence-electron chi connectivity index (χ0n) is 7.72. The molecule has 1 rings (SSSR count). The number of hydrogen-bond donors (Lipinski definition) is 1. The Hall–Kier alpha value is -1.04. The molecule has 0 aromatic heterocycles. The van der Waals surface area contributed by atoms with Crippen LogP contribution in [0, 0.1) is 23.2 Å². The predicted octanol–water partition coefficient (Wildman–Crippen LogP) is 1.06. The Morgan fingerprint density at radius 3 is 2.50 bits per heavy atom. The van der Waals surface area contributed by atoms with Crippen molar-refractivity contribution in [2.75, 3.05) is 0 Å². The second-order valence-electron chi connectivity index (χ2n) is 4.05. The number of nitrogens with one attached hydrogen (secondary N) is 1. The molecule has 66 valence electrons. The minimum absolute atomic E-state index is 0.0223. The highest BCUT2D eigenvalue weighted by Gasteiger charge is 2.40. The molecular formula is C9H14N2O. The highest BCUT2D eigenvalue weighted by molar-refractivity contribution is 5.82. The van der Waals surface area contributed by atoms with Gasteiger partial charge >= 0.3 is 0 Å². The number of nitrogens with zero attached hydrogens (tertiary/aromatic N) is 1. The molecule has 0 radical (unpaired) electrons. The fourth-order valence-corrected chi connectivity index (χ4v) is 1.12. The van der Waals surface area contributed by atoms with Gasteiger partial charge in [-0.3, -0.25) is 4.79 Å². The summed E-state index contributed by atoms with van der Waals surface area (Å²) in [4.78, 5) is 11.3. The molecule has 3 nitrogen and oxygen atoms in total. The lowest BCUT2D eigenvalue weighted by atomic mass is 10.1. The van der Waals surface area contributed by atoms with E-state index < -0.39 is 5.54 Å². The summed E-state index contributed by atoms with van der Waals surface area (Å²) in [6.45, 7) is 5.46. The molecule has 1 fully saturated rings. The van der Waals surface area contributed by atoms with Gasteiger partial charge in [-0.2, -0.15) is 5.26 Å². The van der Waals surface area contributed by atoms with E-state index in [9.17, 15) is 4.79 Å². The van der Waals surface area contributed by atoms with Crippen molar-refractivity contribution in [1.29, 1.82) is 5.26 Å². The molecule has 0 spiro atoms. The van der Waals surface area contributed by atoms with Gasteiger partial charge in [0.2, 0.25) is 5.91 Å². The third-order valence-corrected chi connectivity index (χ3v) is 2.16. The van der Waals surface area contributed by atoms with Gasteiger partial charge in [0.15, 0.2) is 0 Å². The molecule has 1 N–H and O–H groups in total. The third-order valence-electron chi connectivity index (χ3n) is 2.16. The van der Waals surface area contributed by atoms with Crippen molar-refractivity contribution in [3.05, 3.63) is 0 Å². The zero-order valence-corrected chi connectivity index (χ0v) is 7.72. The second kappa shape index (κ2) is 2.78. The zero-order chi connectivity index (χ0) is 9.35. The Labute approximate surface area is 72.8 Å². The van der Waals surface area contributed by atoms with Crippen molar-refractivity contribution in [2.45, 2.75) is 32.7 Å². The molecule has 1 saturated carbocycles. The summed E-state index contributed by atoms with van der Waals surface area (Å²) in [5.74, 6) is 0.672. The molecule has 2 atom stereocenters. The minimum Gasteiger partial charge on any atom is -0.338 e. The Morgan fingerprint density at radius 1 is 1.67 bits per heavy atom. The standard InChI is InChI=1S/C9H14N2O/c1-6-4-7(6)8(12)11-9(2,3)5-10/h6-7H,4H2,1-3H3,(H,11,12). The first kappa shape index (κ1) is 9.05. The highest BCUT2D eigenvalue weighted by atomic mass is 16.2. The Kier molecular flexibility index (Phi) is 2.10. The average molecular weight is 166 g/mol. The molecule has 2 unspecified atom stereocenters. The second-order valence-corrected chi connectivity index (χ2v) is 4.05. The maximum atomic E-state index is 11.3. The smallest absolute Gasteiger partial charge is 0.224 e. The predicted molar refractivity (Wildman–Crippen MR) is 45.1 cm³/mol. The summed E-state index contributed by atoms with van der Waals surface area (Å²) in [7, 11) is 0. The third kappa shape index (κ3) is 1.97. The largest absolute Gasteiger partial charge is 0.338 e. The fraction of sp³-hybridized carbons (Fsp3) is 0.778. The van der Waals surface area contributed by atoms with E-state index in [1.807, 2.05) is 13.0 Å². The van der Waals surface area contributed by atoms with Crippen LogP contribution in [0.3, 0.4) is 0 Å². The fourth-order valence-electron chi connectivity index (χ4n) is 1.12. The van der Waals surface area contributed by atoms with Crippen LogP contribution >= 0.6 is 0 Å². The van der Waals surface area contributed by atoms with E-state index >= 15 is 0 Å². The van der Waals surface area contributed by atoms with Gasteiger partial charge in [0.25, 0.3) is 0 Å². The van der Waals surface area contributed by atoms with E-state index in [1.54, 1.807) is 13.8 Å². The van der Waals surface area contributed by atoms with Crippen LogP contribution in [-0.2, 0) is 4.79 Å². The summed E-state index contributed by atoms with van der Waals surface area (Å²) in [5, 5.41) is 11.3. The quantitative estimate of drug-likeness (QED) is 0.667. The molecule has 1 aliphatic carbocycles. The van der Waals surface area contributed by atoms with Gasteiger partial charge in [0.1, 0.15) is 5.54 Å². The molecule has 12 heavy (non-hydrogen) atoms. The van der Waals surface area contributed by atoms with Crippen LogP contribution in [0.5, 0.6) is 0 Å². The van der Waals surface area contributed by atoms with Crippen LogP contribution in [-0.4, -0.2) is 11.4 Å². The van der Waals surface area contributed by atoms with Gasteiger partial charge < -0.3 is 5.32 Å². The van der Waals surface area contributed by atoms with Gasteiger partial charge in [-0.1, -0.05) is 6.92 Å². The SMILES string of the molecule is CC1CC1C(=O)NC(C)(C)C#N. The number of carbonyl (C=O) groups excluding carboxylic acids is 1. The molecular weight excluding hydrogens is 152 g/mol. The number of hydrogen-bond acceptors (Lipinski definition) is 2. The van der Waals surface area contributed by atoms with Gasteiger partial charge in [0, 0.05) is 5.92 Å². The lowest BCUT2D eigenvalue weighted by molar-refractivity contribution is -0.123. The summed E-state index contributed by atoms with van der Waals surface area (Å²) >= 11 is 0. The number of nitriles is 1. The molecule has 3 heteroatoms. The van der Waals surface area contributed by atoms with Crippen LogP contribution in [0.15, 0.2) is 0 Å². The number of rotatable bonds is 2. The summed E-state index contributed by atoms with van der Waals surface area (Å²) in [6, 6.07) is 2.04. The van der Waals surface area contributed by atoms with Crippen molar-refractivity contribution in [1.82, 2.24) is 5.32 Å². The first-order chi connectivity index (χ1) is 5.46. The van der Waals surface area contributed by atoms with Crippen LogP contribution in [0.4, 0.5) is 0 Å². The van der Waals surface area contributed by atoms with Gasteiger partial charge in [0.05, 0.1) is 6.07 Å². The number of carbonyl (C=O) groups is 1. The van der Waals surface area contributed by atoms with E-state index in [4.69, 9.17) is 5.26 Å². The molecule has 0 saturated heterocycles. The van der Waals surface area contributed by atoms with Gasteiger partial charge in [-0.05, 0) is 26.2 Å². The van der Waals surface area contributed by atoms with Crippen molar-refractivity contribution in [3.63, 3.8) is 0 Å². The van der Waals surface area contributed by atoms with Gasteiger partial charge in [-0.15, -0.1) is 0 Å². The van der Waals surface area contributed by atoms with E-state index in [0.29, 0.717) is 5.92 Å². The first-order valence-electron chi connectivity index (χ1n) is 4.19. The van der Waals surface area contributed by atoms with E-state index in [2.05, 4.69) is 5.32 Å². The van der Waals surface area contributed by atoms with Crippen molar-refractivity contribution < 1.29 is 4.79 Å². The molecule has 0 aromatic carbocycles. The molecule has 1 amide bonds. The average Bonchev–Trinajstić information content (AvgIpc) is 2.66. The maximum absolute atomic E-state index is 11.3. The van der Waals surface area contributed by atoms with E-state index in [1.165, 1.54) is 0 Å². The van der Waals surface area contributed by atoms with E-state index in [0.717, 1.165) is 6.42 Å². The topological polar surface area (TPSA) is 52.9 Å². The maximum Gasteiger partial charge on any atom is 0.224 e. The summed E-state index contributed by atoms with van der Waals surface area (Å²) < 4.78 is 0. The molecule has 1 aliphatic rings. The molecule has 0 aromatic rings. The normalized spacial score (nSPS) is 27.5. The van der Waals surface area contributed by atoms with Crippen molar-refractivity contribution in [2.24, 2.45) is 11.8 Å². The number of amides is 1. The van der Waals surface area contributed by atoms with Crippen LogP contribution in [0.25, 0.3) is 0 Å². The summed E-state index contributed by atoms with van der Waals surface area (Å²) in [5.41, 5.74) is -0.723. The van der Waals surface area contributed by atoms with Crippen molar-refractivity contribution in [3.8, 4) is 6.07 Å². The lowest BCUT2D eigenvalue weighted by Gasteiger charge is -2.17. The van der Waals surface area contributed by atoms with Crippen LogP contribution in [0.1, 0.15) is 27.2 Å². The monoisotopic (exact) mass is 166 g/mol. The minimum atomic E-state index is -0.723. The first-order valence-corrected chi connectivity index (χ1v) is 4.19. The van der Waals surface area contributed by atoms with Gasteiger partial charge in [-0.25, -0.2) is 0 Å². The van der Waals surface area contributed by atoms with Crippen LogP contribution < -0.4 is 5.32 Å². The molecule has 0 aliphatic heterocycles. The lowest BCUT2D eigenvalue weighted by Crippen LogP contribution is -2.43. The van der Waals surface area contributed by atoms with E-state index in [-0.39, 0.29) is 11.8 Å².